The fourth-order valence-corrected chi connectivity index (χ4v) is 3.67. The van der Waals surface area contributed by atoms with E-state index in [2.05, 4.69) is 27.7 Å². The standard InChI is InChI=1S/C16H24N2O3S/c1-10(2)13-6-5-7-14(11(3)4)16(13)18-9-12(8-15(18)19)22(17,20)21/h5-7,10-12H,8-9H2,1-4H3,(H2,17,20,21). The van der Waals surface area contributed by atoms with Crippen LogP contribution in [0.1, 0.15) is 57.1 Å². The number of nitrogens with two attached hydrogens (primary N) is 1. The normalized spacial score (nSPS) is 19.5. The molecule has 1 aliphatic heterocycles. The molecule has 1 unspecified atom stereocenters. The van der Waals surface area contributed by atoms with Gasteiger partial charge in [0.05, 0.1) is 5.69 Å². The van der Waals surface area contributed by atoms with Crippen LogP contribution in [0.4, 0.5) is 5.69 Å². The van der Waals surface area contributed by atoms with E-state index in [1.807, 2.05) is 18.2 Å². The van der Waals surface area contributed by atoms with E-state index in [9.17, 15) is 13.2 Å². The van der Waals surface area contributed by atoms with Gasteiger partial charge in [-0.05, 0) is 23.0 Å². The number of primary sulfonamides is 1. The summed E-state index contributed by atoms with van der Waals surface area (Å²) >= 11 is 0. The summed E-state index contributed by atoms with van der Waals surface area (Å²) in [6.45, 7) is 8.42. The van der Waals surface area contributed by atoms with E-state index in [1.165, 1.54) is 0 Å². The Balaban J connectivity index is 2.54. The first-order chi connectivity index (χ1) is 10.1. The third-order valence-corrected chi connectivity index (χ3v) is 5.41. The van der Waals surface area contributed by atoms with Gasteiger partial charge in [-0.3, -0.25) is 4.79 Å². The Hall–Kier alpha value is -1.40. The molecule has 0 aliphatic carbocycles. The lowest BCUT2D eigenvalue weighted by Crippen LogP contribution is -2.33. The lowest BCUT2D eigenvalue weighted by Gasteiger charge is -2.27. The van der Waals surface area contributed by atoms with Gasteiger partial charge in [0.25, 0.3) is 0 Å². The first-order valence-corrected chi connectivity index (χ1v) is 9.18. The number of carbonyl (C=O) groups excluding carboxylic acids is 1. The highest BCUT2D eigenvalue weighted by Gasteiger charge is 2.39. The van der Waals surface area contributed by atoms with E-state index in [0.29, 0.717) is 0 Å². The smallest absolute Gasteiger partial charge is 0.228 e. The lowest BCUT2D eigenvalue weighted by molar-refractivity contribution is -0.117. The summed E-state index contributed by atoms with van der Waals surface area (Å²) < 4.78 is 23.2. The number of rotatable bonds is 4. The molecule has 1 heterocycles. The second-order valence-electron chi connectivity index (χ2n) is 6.51. The van der Waals surface area contributed by atoms with Crippen LogP contribution < -0.4 is 10.0 Å². The number of carbonyl (C=O) groups is 1. The fourth-order valence-electron chi connectivity index (χ4n) is 2.93. The third kappa shape index (κ3) is 3.17. The van der Waals surface area contributed by atoms with Crippen LogP contribution in [0.15, 0.2) is 18.2 Å². The number of hydrogen-bond donors (Lipinski definition) is 1. The highest BCUT2D eigenvalue weighted by molar-refractivity contribution is 7.89. The largest absolute Gasteiger partial charge is 0.310 e. The van der Waals surface area contributed by atoms with Gasteiger partial charge in [-0.2, -0.15) is 0 Å². The van der Waals surface area contributed by atoms with Gasteiger partial charge >= 0.3 is 0 Å². The molecule has 1 aliphatic rings. The van der Waals surface area contributed by atoms with Crippen molar-refractivity contribution in [1.82, 2.24) is 0 Å². The Kier molecular flexibility index (Phi) is 4.63. The van der Waals surface area contributed by atoms with E-state index < -0.39 is 15.3 Å². The molecule has 0 saturated carbocycles. The van der Waals surface area contributed by atoms with Crippen LogP contribution in [0.5, 0.6) is 0 Å². The minimum absolute atomic E-state index is 0.0389. The van der Waals surface area contributed by atoms with Crippen LogP contribution in [-0.4, -0.2) is 26.1 Å². The summed E-state index contributed by atoms with van der Waals surface area (Å²) in [5.41, 5.74) is 2.99. The number of hydrogen-bond acceptors (Lipinski definition) is 3. The van der Waals surface area contributed by atoms with Crippen molar-refractivity contribution in [3.8, 4) is 0 Å². The molecule has 2 rings (SSSR count). The zero-order valence-electron chi connectivity index (χ0n) is 13.5. The highest BCUT2D eigenvalue weighted by Crippen LogP contribution is 2.37. The molecule has 0 radical (unpaired) electrons. The van der Waals surface area contributed by atoms with Gasteiger partial charge < -0.3 is 4.90 Å². The Morgan fingerprint density at radius 2 is 1.64 bits per heavy atom. The molecule has 122 valence electrons. The van der Waals surface area contributed by atoms with Crippen LogP contribution in [0, 0.1) is 0 Å². The SMILES string of the molecule is CC(C)c1cccc(C(C)C)c1N1CC(S(N)(=O)=O)CC1=O. The first kappa shape index (κ1) is 17.0. The molecule has 6 heteroatoms. The molecule has 5 nitrogen and oxygen atoms in total. The number of anilines is 1. The number of nitrogens with zero attached hydrogens (tertiary/aromatic N) is 1. The lowest BCUT2D eigenvalue weighted by atomic mass is 9.92. The van der Waals surface area contributed by atoms with Crippen molar-refractivity contribution in [2.24, 2.45) is 5.14 Å². The van der Waals surface area contributed by atoms with Crippen LogP contribution in [0.2, 0.25) is 0 Å². The summed E-state index contributed by atoms with van der Waals surface area (Å²) in [7, 11) is -3.71. The predicted molar refractivity (Wildman–Crippen MR) is 88.5 cm³/mol. The maximum absolute atomic E-state index is 12.4. The summed E-state index contributed by atoms with van der Waals surface area (Å²) in [4.78, 5) is 14.0. The summed E-state index contributed by atoms with van der Waals surface area (Å²) in [6.07, 6.45) is -0.0389. The van der Waals surface area contributed by atoms with Crippen molar-refractivity contribution < 1.29 is 13.2 Å². The zero-order chi connectivity index (χ0) is 16.7. The number of amides is 1. The van der Waals surface area contributed by atoms with E-state index in [-0.39, 0.29) is 30.7 Å². The number of para-hydroxylation sites is 1. The Labute approximate surface area is 132 Å². The van der Waals surface area contributed by atoms with Gasteiger partial charge in [0, 0.05) is 13.0 Å². The van der Waals surface area contributed by atoms with Crippen molar-refractivity contribution in [3.05, 3.63) is 29.3 Å². The highest BCUT2D eigenvalue weighted by atomic mass is 32.2. The summed E-state index contributed by atoms with van der Waals surface area (Å²) in [5.74, 6) is 0.319. The molecule has 2 N–H and O–H groups in total. The van der Waals surface area contributed by atoms with Crippen molar-refractivity contribution >= 4 is 21.6 Å². The quantitative estimate of drug-likeness (QED) is 0.923. The van der Waals surface area contributed by atoms with Gasteiger partial charge in [0.15, 0.2) is 0 Å². The van der Waals surface area contributed by atoms with Gasteiger partial charge in [0.1, 0.15) is 5.25 Å². The van der Waals surface area contributed by atoms with Gasteiger partial charge in [-0.15, -0.1) is 0 Å². The number of sulfonamides is 1. The zero-order valence-corrected chi connectivity index (χ0v) is 14.4. The van der Waals surface area contributed by atoms with Gasteiger partial charge in [-0.25, -0.2) is 13.6 Å². The second-order valence-corrected chi connectivity index (χ2v) is 8.36. The molecule has 1 fully saturated rings. The predicted octanol–water partition coefficient (Wildman–Crippen LogP) is 2.33. The molecule has 0 bridgehead atoms. The van der Waals surface area contributed by atoms with Gasteiger partial charge in [0.2, 0.25) is 15.9 Å². The van der Waals surface area contributed by atoms with E-state index >= 15 is 0 Å². The monoisotopic (exact) mass is 324 g/mol. The molecule has 1 aromatic rings. The Morgan fingerprint density at radius 3 is 2.00 bits per heavy atom. The average Bonchev–Trinajstić information content (AvgIpc) is 2.79. The van der Waals surface area contributed by atoms with Crippen LogP contribution in [0.3, 0.4) is 0 Å². The summed E-state index contributed by atoms with van der Waals surface area (Å²) in [5, 5.41) is 4.41. The minimum atomic E-state index is -3.71. The molecular weight excluding hydrogens is 300 g/mol. The minimum Gasteiger partial charge on any atom is -0.310 e. The fraction of sp³-hybridized carbons (Fsp3) is 0.562. The Bertz CT molecular complexity index is 654. The summed E-state index contributed by atoms with van der Waals surface area (Å²) in [6, 6.07) is 6.00. The molecular formula is C16H24N2O3S. The molecule has 1 amide bonds. The van der Waals surface area contributed by atoms with E-state index in [1.54, 1.807) is 4.90 Å². The molecule has 1 saturated heterocycles. The molecule has 0 spiro atoms. The van der Waals surface area contributed by atoms with Crippen LogP contribution in [0.25, 0.3) is 0 Å². The van der Waals surface area contributed by atoms with Crippen molar-refractivity contribution in [2.45, 2.75) is 51.2 Å². The molecule has 1 aromatic carbocycles. The van der Waals surface area contributed by atoms with Crippen LogP contribution in [-0.2, 0) is 14.8 Å². The molecule has 22 heavy (non-hydrogen) atoms. The maximum Gasteiger partial charge on any atom is 0.228 e. The van der Waals surface area contributed by atoms with Crippen molar-refractivity contribution in [2.75, 3.05) is 11.4 Å². The van der Waals surface area contributed by atoms with Crippen LogP contribution >= 0.6 is 0 Å². The maximum atomic E-state index is 12.4. The first-order valence-electron chi connectivity index (χ1n) is 7.57. The van der Waals surface area contributed by atoms with Crippen molar-refractivity contribution in [3.63, 3.8) is 0 Å². The van der Waals surface area contributed by atoms with E-state index in [0.717, 1.165) is 16.8 Å². The average molecular weight is 324 g/mol. The number of benzene rings is 1. The third-order valence-electron chi connectivity index (χ3n) is 4.17. The van der Waals surface area contributed by atoms with Crippen molar-refractivity contribution in [1.29, 1.82) is 0 Å². The van der Waals surface area contributed by atoms with Gasteiger partial charge in [-0.1, -0.05) is 45.9 Å². The second kappa shape index (κ2) is 6.01. The molecule has 1 atom stereocenters. The topological polar surface area (TPSA) is 80.5 Å². The Morgan fingerprint density at radius 1 is 1.14 bits per heavy atom. The molecule has 0 aromatic heterocycles. The van der Waals surface area contributed by atoms with E-state index in [4.69, 9.17) is 5.14 Å².